The second-order valence-corrected chi connectivity index (χ2v) is 9.57. The summed E-state index contributed by atoms with van der Waals surface area (Å²) in [6.45, 7) is 8.43. The molecule has 4 N–H and O–H groups in total. The summed E-state index contributed by atoms with van der Waals surface area (Å²) >= 11 is 0. The van der Waals surface area contributed by atoms with E-state index in [4.69, 9.17) is 0 Å². The van der Waals surface area contributed by atoms with E-state index in [0.29, 0.717) is 29.3 Å². The molecule has 0 bridgehead atoms. The van der Waals surface area contributed by atoms with E-state index in [1.165, 1.54) is 6.42 Å². The summed E-state index contributed by atoms with van der Waals surface area (Å²) in [5.74, 6) is 1.12. The normalized spacial score (nSPS) is 27.5. The number of carbonyl (C=O) groups excluding carboxylic acids is 2. The first-order valence-electron chi connectivity index (χ1n) is 11.2. The largest absolute Gasteiger partial charge is 0.348 e. The monoisotopic (exact) mass is 401 g/mol. The Bertz CT molecular complexity index is 767. The van der Waals surface area contributed by atoms with Crippen molar-refractivity contribution in [3.05, 3.63) is 18.0 Å². The van der Waals surface area contributed by atoms with E-state index in [9.17, 15) is 9.59 Å². The van der Waals surface area contributed by atoms with Crippen molar-refractivity contribution in [3.63, 3.8) is 0 Å². The first kappa shape index (κ1) is 20.3. The lowest BCUT2D eigenvalue weighted by molar-refractivity contribution is -0.000326. The second kappa shape index (κ2) is 8.01. The molecular formula is C22H35N5O2. The number of carbonyl (C=O) groups is 2. The van der Waals surface area contributed by atoms with Gasteiger partial charge in [-0.3, -0.25) is 4.79 Å². The number of nitrogens with one attached hydrogen (secondary N) is 4. The zero-order valence-electron chi connectivity index (χ0n) is 17.9. The van der Waals surface area contributed by atoms with Crippen molar-refractivity contribution in [2.75, 3.05) is 11.9 Å². The number of aromatic nitrogens is 1. The molecule has 7 nitrogen and oxygen atoms in total. The Morgan fingerprint density at radius 1 is 1.24 bits per heavy atom. The Balaban J connectivity index is 1.38. The number of nitrogens with zero attached hydrogens (tertiary/aromatic N) is 1. The molecule has 0 aromatic carbocycles. The van der Waals surface area contributed by atoms with Gasteiger partial charge in [0, 0.05) is 30.4 Å². The average molecular weight is 402 g/mol. The summed E-state index contributed by atoms with van der Waals surface area (Å²) in [6, 6.07) is 2.12. The molecule has 1 aromatic heterocycles. The molecule has 4 rings (SSSR count). The maximum Gasteiger partial charge on any atom is 0.319 e. The lowest BCUT2D eigenvalue weighted by atomic mass is 9.58. The molecule has 3 atom stereocenters. The fraction of sp³-hybridized carbons (Fsp3) is 0.727. The van der Waals surface area contributed by atoms with Crippen LogP contribution in [0.4, 0.5) is 10.5 Å². The van der Waals surface area contributed by atoms with Crippen LogP contribution >= 0.6 is 0 Å². The third-order valence-electron chi connectivity index (χ3n) is 6.80. The van der Waals surface area contributed by atoms with Crippen LogP contribution in [-0.4, -0.2) is 40.7 Å². The molecule has 0 radical (unpaired) electrons. The maximum absolute atomic E-state index is 12.6. The van der Waals surface area contributed by atoms with Crippen LogP contribution in [0.5, 0.6) is 0 Å². The molecule has 0 spiro atoms. The minimum absolute atomic E-state index is 0.0473. The van der Waals surface area contributed by atoms with Crippen LogP contribution in [0.1, 0.15) is 69.8 Å². The van der Waals surface area contributed by atoms with E-state index in [2.05, 4.69) is 42.0 Å². The summed E-state index contributed by atoms with van der Waals surface area (Å²) in [4.78, 5) is 25.2. The molecule has 2 saturated carbocycles. The van der Waals surface area contributed by atoms with E-state index in [-0.39, 0.29) is 23.5 Å². The van der Waals surface area contributed by atoms with Crippen molar-refractivity contribution in [1.29, 1.82) is 0 Å². The molecule has 2 unspecified atom stereocenters. The Hall–Kier alpha value is -2.02. The highest BCUT2D eigenvalue weighted by molar-refractivity contribution is 5.96. The average Bonchev–Trinajstić information content (AvgIpc) is 3.35. The van der Waals surface area contributed by atoms with Crippen LogP contribution in [0.3, 0.4) is 0 Å². The molecule has 2 heterocycles. The van der Waals surface area contributed by atoms with Crippen LogP contribution in [0.25, 0.3) is 0 Å². The van der Waals surface area contributed by atoms with Gasteiger partial charge in [0.15, 0.2) is 0 Å². The highest BCUT2D eigenvalue weighted by Gasteiger charge is 2.51. The van der Waals surface area contributed by atoms with E-state index in [1.54, 1.807) is 6.07 Å². The van der Waals surface area contributed by atoms with Crippen LogP contribution in [0, 0.1) is 11.8 Å². The third kappa shape index (κ3) is 4.44. The number of rotatable bonds is 7. The Labute approximate surface area is 173 Å². The molecule has 1 aliphatic heterocycles. The van der Waals surface area contributed by atoms with Crippen LogP contribution in [0.2, 0.25) is 0 Å². The highest BCUT2D eigenvalue weighted by Crippen LogP contribution is 2.46. The predicted octanol–water partition coefficient (Wildman–Crippen LogP) is 3.08. The lowest BCUT2D eigenvalue weighted by Gasteiger charge is -2.56. The molecular weight excluding hydrogens is 366 g/mol. The summed E-state index contributed by atoms with van der Waals surface area (Å²) in [7, 11) is 0. The lowest BCUT2D eigenvalue weighted by Crippen LogP contribution is -2.67. The van der Waals surface area contributed by atoms with Crippen molar-refractivity contribution in [1.82, 2.24) is 20.5 Å². The number of aryl methyl sites for hydroxylation is 1. The number of amides is 3. The Kier molecular flexibility index (Phi) is 5.60. The van der Waals surface area contributed by atoms with E-state index in [0.717, 1.165) is 45.2 Å². The number of fused-ring (bicyclic) bond motifs is 1. The SMILES string of the molecule is CCCCn1cc(NC(=O)NC2C[C@H]3CCNC(C)(C)C23)cc1C(=O)NC1CC1. The number of urea groups is 1. The smallest absolute Gasteiger partial charge is 0.319 e. The molecule has 29 heavy (non-hydrogen) atoms. The van der Waals surface area contributed by atoms with E-state index >= 15 is 0 Å². The van der Waals surface area contributed by atoms with Gasteiger partial charge in [-0.15, -0.1) is 0 Å². The Morgan fingerprint density at radius 2 is 2.03 bits per heavy atom. The molecule has 1 saturated heterocycles. The van der Waals surface area contributed by atoms with Crippen molar-refractivity contribution >= 4 is 17.6 Å². The van der Waals surface area contributed by atoms with Gasteiger partial charge in [-0.05, 0) is 70.4 Å². The van der Waals surface area contributed by atoms with Gasteiger partial charge in [0.2, 0.25) is 0 Å². The van der Waals surface area contributed by atoms with Crippen LogP contribution in [-0.2, 0) is 6.54 Å². The summed E-state index contributed by atoms with van der Waals surface area (Å²) < 4.78 is 1.96. The number of hydrogen-bond acceptors (Lipinski definition) is 3. The van der Waals surface area contributed by atoms with Gasteiger partial charge in [-0.25, -0.2) is 4.79 Å². The standard InChI is InChI=1S/C22H35N5O2/c1-4-5-10-27-13-16(12-18(27)20(28)24-15-6-7-15)25-21(29)26-17-11-14-8-9-23-22(2,3)19(14)17/h12-15,17,19,23H,4-11H2,1-3H3,(H,24,28)(H2,25,26,29)/t14-,17?,19?/m1/s1. The number of piperidine rings is 1. The maximum atomic E-state index is 12.6. The van der Waals surface area contributed by atoms with Crippen molar-refractivity contribution in [2.45, 2.75) is 83.5 Å². The van der Waals surface area contributed by atoms with Crippen molar-refractivity contribution in [3.8, 4) is 0 Å². The first-order chi connectivity index (χ1) is 13.9. The summed E-state index contributed by atoms with van der Waals surface area (Å²) in [5.41, 5.74) is 1.36. The minimum Gasteiger partial charge on any atom is -0.348 e. The molecule has 7 heteroatoms. The van der Waals surface area contributed by atoms with Gasteiger partial charge in [-0.2, -0.15) is 0 Å². The second-order valence-electron chi connectivity index (χ2n) is 9.57. The van der Waals surface area contributed by atoms with Gasteiger partial charge in [0.05, 0.1) is 5.69 Å². The van der Waals surface area contributed by atoms with Gasteiger partial charge in [0.25, 0.3) is 5.91 Å². The third-order valence-corrected chi connectivity index (χ3v) is 6.80. The number of anilines is 1. The molecule has 2 aliphatic carbocycles. The van der Waals surface area contributed by atoms with Crippen LogP contribution in [0.15, 0.2) is 12.3 Å². The molecule has 3 aliphatic rings. The van der Waals surface area contributed by atoms with Crippen molar-refractivity contribution < 1.29 is 9.59 Å². The van der Waals surface area contributed by atoms with Gasteiger partial charge in [0.1, 0.15) is 5.69 Å². The molecule has 3 amide bonds. The summed E-state index contributed by atoms with van der Waals surface area (Å²) in [6.07, 6.45) is 8.29. The van der Waals surface area contributed by atoms with Crippen molar-refractivity contribution in [2.24, 2.45) is 11.8 Å². The highest BCUT2D eigenvalue weighted by atomic mass is 16.2. The van der Waals surface area contributed by atoms with Gasteiger partial charge < -0.3 is 25.8 Å². The van der Waals surface area contributed by atoms with Gasteiger partial charge in [-0.1, -0.05) is 13.3 Å². The fourth-order valence-electron chi connectivity index (χ4n) is 5.09. The fourth-order valence-corrected chi connectivity index (χ4v) is 5.09. The van der Waals surface area contributed by atoms with Crippen LogP contribution < -0.4 is 21.3 Å². The minimum atomic E-state index is -0.184. The quantitative estimate of drug-likeness (QED) is 0.566. The van der Waals surface area contributed by atoms with Gasteiger partial charge >= 0.3 is 6.03 Å². The molecule has 3 fully saturated rings. The predicted molar refractivity (Wildman–Crippen MR) is 114 cm³/mol. The number of hydrogen-bond donors (Lipinski definition) is 4. The number of unbranched alkanes of at least 4 members (excludes halogenated alkanes) is 1. The Morgan fingerprint density at radius 3 is 2.72 bits per heavy atom. The van der Waals surface area contributed by atoms with E-state index < -0.39 is 0 Å². The van der Waals surface area contributed by atoms with E-state index in [1.807, 2.05) is 10.8 Å². The first-order valence-corrected chi connectivity index (χ1v) is 11.2. The molecule has 160 valence electrons. The zero-order valence-corrected chi connectivity index (χ0v) is 17.9. The molecule has 1 aromatic rings. The topological polar surface area (TPSA) is 87.2 Å². The summed E-state index contributed by atoms with van der Waals surface area (Å²) in [5, 5.41) is 12.8. The zero-order chi connectivity index (χ0) is 20.6.